The van der Waals surface area contributed by atoms with Gasteiger partial charge in [0.1, 0.15) is 0 Å². The highest BCUT2D eigenvalue weighted by Gasteiger charge is 2.05. The minimum atomic E-state index is -0.402. The van der Waals surface area contributed by atoms with Gasteiger partial charge in [-0.25, -0.2) is 4.99 Å². The first-order valence-electron chi connectivity index (χ1n) is 7.84. The number of guanidine groups is 1. The number of nitrogens with one attached hydrogen (secondary N) is 2. The second-order valence-corrected chi connectivity index (χ2v) is 5.32. The molecular formula is C16H26N4O3. The standard InChI is InChI=1S/C16H26N4O3/c1-4-13(2)19-16(17-10-5-11-23-3)18-12-14-6-8-15(9-7-14)20(21)22/h6-9,13H,4-5,10-12H2,1-3H3,(H2,17,18,19). The highest BCUT2D eigenvalue weighted by atomic mass is 16.6. The molecule has 1 aromatic carbocycles. The molecule has 7 nitrogen and oxygen atoms in total. The Morgan fingerprint density at radius 1 is 1.39 bits per heavy atom. The molecule has 0 aliphatic heterocycles. The van der Waals surface area contributed by atoms with Crippen molar-refractivity contribution in [2.45, 2.75) is 39.3 Å². The molecule has 0 heterocycles. The lowest BCUT2D eigenvalue weighted by Crippen LogP contribution is -2.42. The summed E-state index contributed by atoms with van der Waals surface area (Å²) in [5.41, 5.74) is 1.02. The van der Waals surface area contributed by atoms with Gasteiger partial charge in [0.2, 0.25) is 0 Å². The van der Waals surface area contributed by atoms with E-state index in [9.17, 15) is 10.1 Å². The molecule has 128 valence electrons. The van der Waals surface area contributed by atoms with Crippen LogP contribution in [0.4, 0.5) is 5.69 Å². The summed E-state index contributed by atoms with van der Waals surface area (Å²) < 4.78 is 5.03. The smallest absolute Gasteiger partial charge is 0.269 e. The third kappa shape index (κ3) is 7.60. The Kier molecular flexibility index (Phi) is 8.67. The first-order valence-corrected chi connectivity index (χ1v) is 7.84. The van der Waals surface area contributed by atoms with Crippen LogP contribution in [0.25, 0.3) is 0 Å². The molecule has 1 unspecified atom stereocenters. The molecule has 0 saturated carbocycles. The summed E-state index contributed by atoms with van der Waals surface area (Å²) in [6.07, 6.45) is 1.89. The van der Waals surface area contributed by atoms with Crippen LogP contribution in [0.2, 0.25) is 0 Å². The normalized spacial score (nSPS) is 12.7. The summed E-state index contributed by atoms with van der Waals surface area (Å²) in [5, 5.41) is 17.3. The summed E-state index contributed by atoms with van der Waals surface area (Å²) in [6, 6.07) is 6.78. The molecule has 0 spiro atoms. The summed E-state index contributed by atoms with van der Waals surface area (Å²) in [5.74, 6) is 0.744. The van der Waals surface area contributed by atoms with Crippen molar-refractivity contribution in [3.8, 4) is 0 Å². The van der Waals surface area contributed by atoms with Crippen LogP contribution in [0, 0.1) is 10.1 Å². The first kappa shape index (κ1) is 18.9. The molecule has 23 heavy (non-hydrogen) atoms. The number of rotatable bonds is 9. The lowest BCUT2D eigenvalue weighted by molar-refractivity contribution is -0.384. The van der Waals surface area contributed by atoms with Crippen molar-refractivity contribution < 1.29 is 9.66 Å². The molecule has 7 heteroatoms. The van der Waals surface area contributed by atoms with Crippen LogP contribution in [-0.2, 0) is 11.3 Å². The number of non-ortho nitro benzene ring substituents is 1. The number of nitro benzene ring substituents is 1. The van der Waals surface area contributed by atoms with Crippen molar-refractivity contribution in [1.82, 2.24) is 10.6 Å². The SMILES string of the molecule is CCC(C)NC(=NCc1ccc([N+](=O)[O-])cc1)NCCCOC. The lowest BCUT2D eigenvalue weighted by atomic mass is 10.2. The van der Waals surface area contributed by atoms with E-state index in [2.05, 4.69) is 29.5 Å². The topological polar surface area (TPSA) is 88.8 Å². The van der Waals surface area contributed by atoms with Crippen molar-refractivity contribution in [1.29, 1.82) is 0 Å². The number of methoxy groups -OCH3 is 1. The van der Waals surface area contributed by atoms with Crippen molar-refractivity contribution in [3.05, 3.63) is 39.9 Å². The highest BCUT2D eigenvalue weighted by molar-refractivity contribution is 5.80. The van der Waals surface area contributed by atoms with E-state index in [1.165, 1.54) is 12.1 Å². The molecule has 0 radical (unpaired) electrons. The Bertz CT molecular complexity index is 503. The van der Waals surface area contributed by atoms with E-state index < -0.39 is 4.92 Å². The molecule has 0 bridgehead atoms. The van der Waals surface area contributed by atoms with Gasteiger partial charge < -0.3 is 15.4 Å². The van der Waals surface area contributed by atoms with E-state index in [1.54, 1.807) is 19.2 Å². The fraction of sp³-hybridized carbons (Fsp3) is 0.562. The van der Waals surface area contributed by atoms with E-state index in [0.717, 1.165) is 30.9 Å². The third-order valence-electron chi connectivity index (χ3n) is 3.38. The van der Waals surface area contributed by atoms with Crippen LogP contribution in [0.3, 0.4) is 0 Å². The number of hydrogen-bond acceptors (Lipinski definition) is 4. The van der Waals surface area contributed by atoms with Crippen LogP contribution >= 0.6 is 0 Å². The molecule has 0 fully saturated rings. The Morgan fingerprint density at radius 2 is 2.09 bits per heavy atom. The maximum Gasteiger partial charge on any atom is 0.269 e. The van der Waals surface area contributed by atoms with Gasteiger partial charge in [0.15, 0.2) is 5.96 Å². The number of aliphatic imine (C=N–C) groups is 1. The molecule has 0 amide bonds. The minimum Gasteiger partial charge on any atom is -0.385 e. The van der Waals surface area contributed by atoms with Crippen LogP contribution in [-0.4, -0.2) is 37.2 Å². The average molecular weight is 322 g/mol. The number of nitro groups is 1. The van der Waals surface area contributed by atoms with E-state index in [4.69, 9.17) is 4.74 Å². The second kappa shape index (κ2) is 10.6. The van der Waals surface area contributed by atoms with Gasteiger partial charge in [-0.2, -0.15) is 0 Å². The number of benzene rings is 1. The zero-order chi connectivity index (χ0) is 17.1. The third-order valence-corrected chi connectivity index (χ3v) is 3.38. The van der Waals surface area contributed by atoms with Gasteiger partial charge in [-0.1, -0.05) is 19.1 Å². The van der Waals surface area contributed by atoms with E-state index in [0.29, 0.717) is 19.2 Å². The predicted molar refractivity (Wildman–Crippen MR) is 91.6 cm³/mol. The van der Waals surface area contributed by atoms with Crippen molar-refractivity contribution >= 4 is 11.6 Å². The Hall–Kier alpha value is -2.15. The van der Waals surface area contributed by atoms with E-state index >= 15 is 0 Å². The summed E-state index contributed by atoms with van der Waals surface area (Å²) in [4.78, 5) is 14.8. The Labute approximate surface area is 137 Å². The van der Waals surface area contributed by atoms with Crippen LogP contribution < -0.4 is 10.6 Å². The quantitative estimate of drug-likeness (QED) is 0.240. The lowest BCUT2D eigenvalue weighted by Gasteiger charge is -2.17. The largest absolute Gasteiger partial charge is 0.385 e. The van der Waals surface area contributed by atoms with Gasteiger partial charge in [0.05, 0.1) is 11.5 Å². The first-order chi connectivity index (χ1) is 11.1. The molecule has 2 N–H and O–H groups in total. The predicted octanol–water partition coefficient (Wildman–Crippen LogP) is 2.47. The monoisotopic (exact) mass is 322 g/mol. The molecule has 0 aromatic heterocycles. The van der Waals surface area contributed by atoms with Gasteiger partial charge in [-0.15, -0.1) is 0 Å². The van der Waals surface area contributed by atoms with Crippen LogP contribution in [0.1, 0.15) is 32.3 Å². The Balaban J connectivity index is 2.63. The van der Waals surface area contributed by atoms with Gasteiger partial charge in [0.25, 0.3) is 5.69 Å². The molecule has 0 aliphatic carbocycles. The van der Waals surface area contributed by atoms with Gasteiger partial charge in [-0.3, -0.25) is 10.1 Å². The van der Waals surface area contributed by atoms with Crippen molar-refractivity contribution in [2.75, 3.05) is 20.3 Å². The van der Waals surface area contributed by atoms with Crippen molar-refractivity contribution in [3.63, 3.8) is 0 Å². The maximum atomic E-state index is 10.7. The molecular weight excluding hydrogens is 296 g/mol. The number of hydrogen-bond donors (Lipinski definition) is 2. The van der Waals surface area contributed by atoms with Gasteiger partial charge in [-0.05, 0) is 25.3 Å². The molecule has 0 saturated heterocycles. The number of nitrogens with zero attached hydrogens (tertiary/aromatic N) is 2. The average Bonchev–Trinajstić information content (AvgIpc) is 2.56. The number of ether oxygens (including phenoxy) is 1. The summed E-state index contributed by atoms with van der Waals surface area (Å²) >= 11 is 0. The Morgan fingerprint density at radius 3 is 2.65 bits per heavy atom. The minimum absolute atomic E-state index is 0.0911. The maximum absolute atomic E-state index is 10.7. The van der Waals surface area contributed by atoms with Gasteiger partial charge in [0, 0.05) is 38.4 Å². The zero-order valence-corrected chi connectivity index (χ0v) is 14.0. The zero-order valence-electron chi connectivity index (χ0n) is 14.0. The molecule has 1 rings (SSSR count). The van der Waals surface area contributed by atoms with E-state index in [1.807, 2.05) is 0 Å². The highest BCUT2D eigenvalue weighted by Crippen LogP contribution is 2.12. The molecule has 1 aromatic rings. The van der Waals surface area contributed by atoms with Crippen molar-refractivity contribution in [2.24, 2.45) is 4.99 Å². The fourth-order valence-electron chi connectivity index (χ4n) is 1.80. The van der Waals surface area contributed by atoms with Gasteiger partial charge >= 0.3 is 0 Å². The molecule has 1 atom stereocenters. The fourth-order valence-corrected chi connectivity index (χ4v) is 1.80. The van der Waals surface area contributed by atoms with Crippen LogP contribution in [0.15, 0.2) is 29.3 Å². The van der Waals surface area contributed by atoms with E-state index in [-0.39, 0.29) is 5.69 Å². The summed E-state index contributed by atoms with van der Waals surface area (Å²) in [7, 11) is 1.68. The summed E-state index contributed by atoms with van der Waals surface area (Å²) in [6.45, 7) is 6.14. The van der Waals surface area contributed by atoms with Crippen LogP contribution in [0.5, 0.6) is 0 Å². The second-order valence-electron chi connectivity index (χ2n) is 5.32. The molecule has 0 aliphatic rings.